The van der Waals surface area contributed by atoms with E-state index in [1.807, 2.05) is 0 Å². The molecule has 76 valence electrons. The molecule has 0 aromatic heterocycles. The molecule has 0 aromatic carbocycles. The first-order chi connectivity index (χ1) is 6.11. The number of nitrogens with two attached hydrogens (primary N) is 1. The third kappa shape index (κ3) is 2.97. The van der Waals surface area contributed by atoms with Gasteiger partial charge in [0.2, 0.25) is 5.91 Å². The van der Waals surface area contributed by atoms with E-state index in [0.717, 1.165) is 19.5 Å². The predicted octanol–water partition coefficient (Wildman–Crippen LogP) is -0.552. The van der Waals surface area contributed by atoms with Gasteiger partial charge in [0, 0.05) is 6.04 Å². The lowest BCUT2D eigenvalue weighted by Crippen LogP contribution is -2.51. The first-order valence-corrected chi connectivity index (χ1v) is 4.88. The van der Waals surface area contributed by atoms with Crippen LogP contribution in [0.5, 0.6) is 0 Å². The Morgan fingerprint density at radius 1 is 1.69 bits per heavy atom. The summed E-state index contributed by atoms with van der Waals surface area (Å²) >= 11 is 0. The molecule has 0 bridgehead atoms. The summed E-state index contributed by atoms with van der Waals surface area (Å²) in [5.41, 5.74) is 5.47. The van der Waals surface area contributed by atoms with E-state index in [9.17, 15) is 4.79 Å². The summed E-state index contributed by atoms with van der Waals surface area (Å²) in [5.74, 6) is 0.454. The van der Waals surface area contributed by atoms with Crippen molar-refractivity contribution in [2.75, 3.05) is 13.1 Å². The highest BCUT2D eigenvalue weighted by molar-refractivity contribution is 5.81. The number of hydrogen-bond donors (Lipinski definition) is 3. The Morgan fingerprint density at radius 2 is 2.38 bits per heavy atom. The standard InChI is InChI=1S/C9H19N3O/c1-6-5-11-4-3-8(6)12-9(13)7(2)10/h6-8,11H,3-5,10H2,1-2H3,(H,12,13). The van der Waals surface area contributed by atoms with Gasteiger partial charge in [-0.3, -0.25) is 4.79 Å². The van der Waals surface area contributed by atoms with Crippen LogP contribution >= 0.6 is 0 Å². The molecule has 4 N–H and O–H groups in total. The van der Waals surface area contributed by atoms with Crippen LogP contribution in [0, 0.1) is 5.92 Å². The van der Waals surface area contributed by atoms with Crippen molar-refractivity contribution in [1.82, 2.24) is 10.6 Å². The molecule has 0 aromatic rings. The van der Waals surface area contributed by atoms with Crippen molar-refractivity contribution >= 4 is 5.91 Å². The van der Waals surface area contributed by atoms with Crippen LogP contribution in [0.15, 0.2) is 0 Å². The van der Waals surface area contributed by atoms with Crippen molar-refractivity contribution in [3.8, 4) is 0 Å². The van der Waals surface area contributed by atoms with Crippen molar-refractivity contribution < 1.29 is 4.79 Å². The first kappa shape index (κ1) is 10.5. The first-order valence-electron chi connectivity index (χ1n) is 4.88. The van der Waals surface area contributed by atoms with Gasteiger partial charge < -0.3 is 16.4 Å². The number of piperidine rings is 1. The van der Waals surface area contributed by atoms with E-state index >= 15 is 0 Å². The van der Waals surface area contributed by atoms with E-state index in [2.05, 4.69) is 17.6 Å². The number of carbonyl (C=O) groups excluding carboxylic acids is 1. The van der Waals surface area contributed by atoms with Gasteiger partial charge in [0.1, 0.15) is 0 Å². The summed E-state index contributed by atoms with van der Waals surface area (Å²) in [4.78, 5) is 11.3. The fourth-order valence-corrected chi connectivity index (χ4v) is 1.54. The zero-order valence-corrected chi connectivity index (χ0v) is 8.34. The molecule has 1 aliphatic heterocycles. The Kier molecular flexibility index (Phi) is 3.69. The topological polar surface area (TPSA) is 67.2 Å². The molecule has 0 radical (unpaired) electrons. The van der Waals surface area contributed by atoms with E-state index in [1.54, 1.807) is 6.92 Å². The minimum atomic E-state index is -0.401. The number of nitrogens with one attached hydrogen (secondary N) is 2. The van der Waals surface area contributed by atoms with Crippen LogP contribution in [-0.2, 0) is 4.79 Å². The van der Waals surface area contributed by atoms with Crippen LogP contribution < -0.4 is 16.4 Å². The van der Waals surface area contributed by atoms with Gasteiger partial charge in [0.05, 0.1) is 6.04 Å². The van der Waals surface area contributed by atoms with Crippen molar-refractivity contribution in [3.05, 3.63) is 0 Å². The number of rotatable bonds is 2. The van der Waals surface area contributed by atoms with Crippen LogP contribution in [0.25, 0.3) is 0 Å². The maximum atomic E-state index is 11.3. The Morgan fingerprint density at radius 3 is 2.92 bits per heavy atom. The van der Waals surface area contributed by atoms with Crippen LogP contribution in [0.1, 0.15) is 20.3 Å². The molecule has 3 unspecified atom stereocenters. The molecule has 0 saturated carbocycles. The lowest BCUT2D eigenvalue weighted by Gasteiger charge is -2.30. The molecule has 4 heteroatoms. The number of amides is 1. The lowest BCUT2D eigenvalue weighted by molar-refractivity contribution is -0.123. The maximum Gasteiger partial charge on any atom is 0.236 e. The molecule has 1 fully saturated rings. The highest BCUT2D eigenvalue weighted by Gasteiger charge is 2.23. The Balaban J connectivity index is 2.38. The summed E-state index contributed by atoms with van der Waals surface area (Å²) in [6, 6.07) is -0.109. The molecule has 3 atom stereocenters. The molecule has 4 nitrogen and oxygen atoms in total. The average Bonchev–Trinajstić information content (AvgIpc) is 2.08. The van der Waals surface area contributed by atoms with Crippen molar-refractivity contribution in [1.29, 1.82) is 0 Å². The van der Waals surface area contributed by atoms with Crippen molar-refractivity contribution in [3.63, 3.8) is 0 Å². The second-order valence-corrected chi connectivity index (χ2v) is 3.87. The number of hydrogen-bond acceptors (Lipinski definition) is 3. The van der Waals surface area contributed by atoms with E-state index in [1.165, 1.54) is 0 Å². The molecule has 0 aliphatic carbocycles. The molecule has 0 spiro atoms. The normalized spacial score (nSPS) is 31.0. The fraction of sp³-hybridized carbons (Fsp3) is 0.889. The smallest absolute Gasteiger partial charge is 0.236 e. The van der Waals surface area contributed by atoms with Crippen molar-refractivity contribution in [2.45, 2.75) is 32.4 Å². The largest absolute Gasteiger partial charge is 0.352 e. The zero-order valence-electron chi connectivity index (χ0n) is 8.34. The molecular weight excluding hydrogens is 166 g/mol. The van der Waals surface area contributed by atoms with Gasteiger partial charge in [0.15, 0.2) is 0 Å². The van der Waals surface area contributed by atoms with E-state index in [0.29, 0.717) is 12.0 Å². The predicted molar refractivity (Wildman–Crippen MR) is 52.2 cm³/mol. The fourth-order valence-electron chi connectivity index (χ4n) is 1.54. The van der Waals surface area contributed by atoms with E-state index < -0.39 is 6.04 Å². The van der Waals surface area contributed by atoms with Gasteiger partial charge in [-0.05, 0) is 32.4 Å². The minimum absolute atomic E-state index is 0.0428. The zero-order chi connectivity index (χ0) is 9.84. The number of carbonyl (C=O) groups is 1. The SMILES string of the molecule is CC(N)C(=O)NC1CCNCC1C. The van der Waals surface area contributed by atoms with Gasteiger partial charge >= 0.3 is 0 Å². The molecular formula is C9H19N3O. The molecule has 1 saturated heterocycles. The van der Waals surface area contributed by atoms with E-state index in [4.69, 9.17) is 5.73 Å². The summed E-state index contributed by atoms with van der Waals surface area (Å²) in [6.45, 7) is 5.80. The molecule has 1 amide bonds. The third-order valence-electron chi connectivity index (χ3n) is 2.53. The van der Waals surface area contributed by atoms with Crippen LogP contribution in [-0.4, -0.2) is 31.1 Å². The lowest BCUT2D eigenvalue weighted by atomic mass is 9.95. The minimum Gasteiger partial charge on any atom is -0.352 e. The molecule has 1 rings (SSSR count). The Bertz CT molecular complexity index is 182. The van der Waals surface area contributed by atoms with Gasteiger partial charge in [-0.25, -0.2) is 0 Å². The molecule has 1 heterocycles. The van der Waals surface area contributed by atoms with Gasteiger partial charge in [0.25, 0.3) is 0 Å². The average molecular weight is 185 g/mol. The van der Waals surface area contributed by atoms with Crippen LogP contribution in [0.2, 0.25) is 0 Å². The second-order valence-electron chi connectivity index (χ2n) is 3.87. The van der Waals surface area contributed by atoms with Crippen LogP contribution in [0.4, 0.5) is 0 Å². The molecule has 13 heavy (non-hydrogen) atoms. The monoisotopic (exact) mass is 185 g/mol. The summed E-state index contributed by atoms with van der Waals surface area (Å²) < 4.78 is 0. The van der Waals surface area contributed by atoms with Crippen LogP contribution in [0.3, 0.4) is 0 Å². The van der Waals surface area contributed by atoms with Crippen molar-refractivity contribution in [2.24, 2.45) is 11.7 Å². The van der Waals surface area contributed by atoms with Gasteiger partial charge in [-0.2, -0.15) is 0 Å². The highest BCUT2D eigenvalue weighted by atomic mass is 16.2. The van der Waals surface area contributed by atoms with Gasteiger partial charge in [-0.1, -0.05) is 6.92 Å². The second kappa shape index (κ2) is 4.58. The van der Waals surface area contributed by atoms with Gasteiger partial charge in [-0.15, -0.1) is 0 Å². The highest BCUT2D eigenvalue weighted by Crippen LogP contribution is 2.09. The van der Waals surface area contributed by atoms with E-state index in [-0.39, 0.29) is 5.91 Å². The summed E-state index contributed by atoms with van der Waals surface area (Å²) in [6.07, 6.45) is 1.000. The maximum absolute atomic E-state index is 11.3. The quantitative estimate of drug-likeness (QED) is 0.540. The Labute approximate surface area is 79.3 Å². The Hall–Kier alpha value is -0.610. The summed E-state index contributed by atoms with van der Waals surface area (Å²) in [5, 5.41) is 6.25. The third-order valence-corrected chi connectivity index (χ3v) is 2.53. The molecule has 1 aliphatic rings. The summed E-state index contributed by atoms with van der Waals surface area (Å²) in [7, 11) is 0.